The Morgan fingerprint density at radius 2 is 1.57 bits per heavy atom. The molecule has 1 heterocycles. The van der Waals surface area contributed by atoms with Gasteiger partial charge in [0, 0.05) is 32.7 Å². The number of benzene rings is 2. The number of nitrogens with zero attached hydrogens (tertiary/aromatic N) is 3. The molecule has 0 aliphatic carbocycles. The highest BCUT2D eigenvalue weighted by atomic mass is 32.2. The van der Waals surface area contributed by atoms with Crippen molar-refractivity contribution < 1.29 is 21.6 Å². The van der Waals surface area contributed by atoms with E-state index in [1.165, 1.54) is 12.1 Å². The monoisotopic (exact) mass is 409 g/mol. The molecule has 0 saturated carbocycles. The molecule has 1 saturated heterocycles. The zero-order valence-corrected chi connectivity index (χ0v) is 15.7. The van der Waals surface area contributed by atoms with Gasteiger partial charge in [0.15, 0.2) is 0 Å². The summed E-state index contributed by atoms with van der Waals surface area (Å²) in [6.45, 7) is 1.63. The van der Waals surface area contributed by atoms with E-state index in [0.29, 0.717) is 25.2 Å². The van der Waals surface area contributed by atoms with E-state index in [-0.39, 0.29) is 13.1 Å². The predicted octanol–water partition coefficient (Wildman–Crippen LogP) is 3.08. The fraction of sp³-hybridized carbons (Fsp3) is 0.316. The van der Waals surface area contributed by atoms with Gasteiger partial charge in [-0.2, -0.15) is 22.7 Å². The highest BCUT2D eigenvalue weighted by Gasteiger charge is 2.39. The fourth-order valence-corrected chi connectivity index (χ4v) is 4.77. The van der Waals surface area contributed by atoms with Crippen molar-refractivity contribution in [3.63, 3.8) is 0 Å². The molecule has 0 aromatic heterocycles. The number of hydrogen-bond donors (Lipinski definition) is 0. The van der Waals surface area contributed by atoms with Crippen LogP contribution < -0.4 is 0 Å². The van der Waals surface area contributed by atoms with Gasteiger partial charge < -0.3 is 0 Å². The summed E-state index contributed by atoms with van der Waals surface area (Å²) in [5.74, 6) is 0. The van der Waals surface area contributed by atoms with E-state index >= 15 is 0 Å². The van der Waals surface area contributed by atoms with Gasteiger partial charge in [-0.05, 0) is 29.8 Å². The van der Waals surface area contributed by atoms with Gasteiger partial charge >= 0.3 is 6.18 Å². The minimum atomic E-state index is -4.74. The number of hydrogen-bond acceptors (Lipinski definition) is 4. The van der Waals surface area contributed by atoms with Crippen molar-refractivity contribution in [2.24, 2.45) is 0 Å². The molecule has 9 heteroatoms. The Morgan fingerprint density at radius 3 is 2.14 bits per heavy atom. The van der Waals surface area contributed by atoms with Crippen LogP contribution in [-0.4, -0.2) is 43.8 Å². The molecule has 2 aromatic carbocycles. The number of alkyl halides is 3. The van der Waals surface area contributed by atoms with Crippen LogP contribution in [0.3, 0.4) is 0 Å². The Hall–Kier alpha value is -2.41. The zero-order chi connectivity index (χ0) is 20.4. The van der Waals surface area contributed by atoms with Crippen molar-refractivity contribution in [2.75, 3.05) is 26.2 Å². The summed E-state index contributed by atoms with van der Waals surface area (Å²) >= 11 is 0. The molecule has 0 spiro atoms. The summed E-state index contributed by atoms with van der Waals surface area (Å²) in [7, 11) is -4.23. The second kappa shape index (κ2) is 7.91. The molecule has 2 aromatic rings. The summed E-state index contributed by atoms with van der Waals surface area (Å²) < 4.78 is 66.2. The third kappa shape index (κ3) is 4.35. The first kappa shape index (κ1) is 20.3. The Morgan fingerprint density at radius 1 is 0.964 bits per heavy atom. The third-order valence-electron chi connectivity index (χ3n) is 4.63. The molecule has 1 aliphatic rings. The van der Waals surface area contributed by atoms with E-state index in [1.54, 1.807) is 12.1 Å². The molecule has 0 radical (unpaired) electrons. The number of halogens is 3. The molecule has 1 aliphatic heterocycles. The average Bonchev–Trinajstić information content (AvgIpc) is 2.68. The molecule has 0 N–H and O–H groups in total. The number of nitriles is 1. The van der Waals surface area contributed by atoms with Gasteiger partial charge in [-0.1, -0.05) is 24.3 Å². The largest absolute Gasteiger partial charge is 0.417 e. The van der Waals surface area contributed by atoms with Crippen molar-refractivity contribution >= 4 is 10.0 Å². The number of sulfonamides is 1. The van der Waals surface area contributed by atoms with Crippen LogP contribution in [0.25, 0.3) is 0 Å². The van der Waals surface area contributed by atoms with E-state index in [0.717, 1.165) is 22.0 Å². The minimum absolute atomic E-state index is 0.116. The molecule has 0 amide bonds. The summed E-state index contributed by atoms with van der Waals surface area (Å²) in [6, 6.07) is 13.4. The van der Waals surface area contributed by atoms with E-state index < -0.39 is 26.7 Å². The maximum Gasteiger partial charge on any atom is 0.417 e. The Bertz CT molecular complexity index is 975. The normalized spacial score (nSPS) is 16.6. The van der Waals surface area contributed by atoms with E-state index in [1.807, 2.05) is 23.1 Å². The molecular weight excluding hydrogens is 391 g/mol. The number of rotatable bonds is 4. The van der Waals surface area contributed by atoms with Crippen LogP contribution in [0, 0.1) is 11.3 Å². The van der Waals surface area contributed by atoms with Gasteiger partial charge in [0.25, 0.3) is 0 Å². The smallest absolute Gasteiger partial charge is 0.296 e. The first-order valence-electron chi connectivity index (χ1n) is 8.59. The van der Waals surface area contributed by atoms with Crippen molar-refractivity contribution in [1.29, 1.82) is 5.26 Å². The molecule has 0 atom stereocenters. The average molecular weight is 409 g/mol. The lowest BCUT2D eigenvalue weighted by Gasteiger charge is -2.34. The highest BCUT2D eigenvalue weighted by Crippen LogP contribution is 2.35. The lowest BCUT2D eigenvalue weighted by atomic mass is 10.1. The molecular formula is C19H18F3N3O2S. The molecule has 28 heavy (non-hydrogen) atoms. The lowest BCUT2D eigenvalue weighted by molar-refractivity contribution is -0.139. The Balaban J connectivity index is 1.70. The maximum absolute atomic E-state index is 13.2. The third-order valence-corrected chi connectivity index (χ3v) is 6.59. The van der Waals surface area contributed by atoms with Crippen LogP contribution in [0.4, 0.5) is 13.2 Å². The second-order valence-corrected chi connectivity index (χ2v) is 8.39. The van der Waals surface area contributed by atoms with Crippen molar-refractivity contribution in [1.82, 2.24) is 9.21 Å². The quantitative estimate of drug-likeness (QED) is 0.779. The molecule has 0 bridgehead atoms. The SMILES string of the molecule is N#Cc1ccc(CN2CCN(S(=O)(=O)c3ccccc3C(F)(F)F)CC2)cc1. The van der Waals surface area contributed by atoms with Gasteiger partial charge in [0.1, 0.15) is 0 Å². The summed E-state index contributed by atoms with van der Waals surface area (Å²) in [4.78, 5) is 1.33. The van der Waals surface area contributed by atoms with E-state index in [2.05, 4.69) is 0 Å². The van der Waals surface area contributed by atoms with Crippen molar-refractivity contribution in [3.05, 3.63) is 65.2 Å². The van der Waals surface area contributed by atoms with E-state index in [4.69, 9.17) is 5.26 Å². The minimum Gasteiger partial charge on any atom is -0.296 e. The fourth-order valence-electron chi connectivity index (χ4n) is 3.14. The van der Waals surface area contributed by atoms with Crippen molar-refractivity contribution in [2.45, 2.75) is 17.6 Å². The van der Waals surface area contributed by atoms with Crippen LogP contribution >= 0.6 is 0 Å². The first-order chi connectivity index (χ1) is 13.2. The molecule has 148 valence electrons. The highest BCUT2D eigenvalue weighted by molar-refractivity contribution is 7.89. The summed E-state index contributed by atoms with van der Waals surface area (Å²) in [5.41, 5.74) is 0.399. The van der Waals surface area contributed by atoms with Gasteiger partial charge in [-0.25, -0.2) is 8.42 Å². The van der Waals surface area contributed by atoms with Crippen LogP contribution in [0.5, 0.6) is 0 Å². The molecule has 1 fully saturated rings. The number of piperazine rings is 1. The van der Waals surface area contributed by atoms with Crippen molar-refractivity contribution in [3.8, 4) is 6.07 Å². The van der Waals surface area contributed by atoms with Crippen LogP contribution in [0.15, 0.2) is 53.4 Å². The standard InChI is InChI=1S/C19H18F3N3O2S/c20-19(21,22)17-3-1-2-4-18(17)28(26,27)25-11-9-24(10-12-25)14-16-7-5-15(13-23)6-8-16/h1-8H,9-12,14H2. The lowest BCUT2D eigenvalue weighted by Crippen LogP contribution is -2.48. The van der Waals surface area contributed by atoms with Gasteiger partial charge in [0.05, 0.1) is 22.1 Å². The second-order valence-electron chi connectivity index (χ2n) is 6.48. The summed E-state index contributed by atoms with van der Waals surface area (Å²) in [6.07, 6.45) is -4.74. The van der Waals surface area contributed by atoms with Gasteiger partial charge in [-0.15, -0.1) is 0 Å². The predicted molar refractivity (Wildman–Crippen MR) is 96.6 cm³/mol. The topological polar surface area (TPSA) is 64.4 Å². The van der Waals surface area contributed by atoms with Crippen LogP contribution in [0.2, 0.25) is 0 Å². The van der Waals surface area contributed by atoms with Gasteiger partial charge in [-0.3, -0.25) is 4.90 Å². The Kier molecular flexibility index (Phi) is 5.74. The van der Waals surface area contributed by atoms with Crippen LogP contribution in [-0.2, 0) is 22.7 Å². The maximum atomic E-state index is 13.2. The molecule has 5 nitrogen and oxygen atoms in total. The molecule has 0 unspecified atom stereocenters. The first-order valence-corrected chi connectivity index (χ1v) is 10.0. The zero-order valence-electron chi connectivity index (χ0n) is 14.9. The van der Waals surface area contributed by atoms with Crippen LogP contribution in [0.1, 0.15) is 16.7 Å². The summed E-state index contributed by atoms with van der Waals surface area (Å²) in [5, 5.41) is 8.83. The Labute approximate surface area is 161 Å². The molecule has 3 rings (SSSR count). The van der Waals surface area contributed by atoms with Gasteiger partial charge in [0.2, 0.25) is 10.0 Å². The van der Waals surface area contributed by atoms with E-state index in [9.17, 15) is 21.6 Å².